The first-order valence-electron chi connectivity index (χ1n) is 9.40. The van der Waals surface area contributed by atoms with Crippen LogP contribution in [0.1, 0.15) is 28.3 Å². The van der Waals surface area contributed by atoms with Crippen LogP contribution in [0.4, 0.5) is 4.39 Å². The van der Waals surface area contributed by atoms with E-state index in [0.29, 0.717) is 30.2 Å². The van der Waals surface area contributed by atoms with Crippen LogP contribution in [0, 0.1) is 11.7 Å². The number of aliphatic hydroxyl groups is 1. The van der Waals surface area contributed by atoms with Gasteiger partial charge in [-0.15, -0.1) is 0 Å². The normalized spacial score (nSPS) is 15.7. The molecule has 0 aliphatic carbocycles. The van der Waals surface area contributed by atoms with Gasteiger partial charge in [0.1, 0.15) is 17.3 Å². The summed E-state index contributed by atoms with van der Waals surface area (Å²) in [6, 6.07) is 11.4. The molecule has 0 bridgehead atoms. The van der Waals surface area contributed by atoms with Gasteiger partial charge in [0, 0.05) is 43.2 Å². The van der Waals surface area contributed by atoms with Gasteiger partial charge in [-0.05, 0) is 54.9 Å². The number of hydrogen-bond donors (Lipinski definition) is 1. The SMILES string of the molecule is COc1cc(OC)cc([C@@H](CO)CCN2CC(C(=O)c3ccc(F)cc3)C2)c1. The molecular formula is C22H26FNO4. The smallest absolute Gasteiger partial charge is 0.168 e. The lowest BCUT2D eigenvalue weighted by Crippen LogP contribution is -2.50. The van der Waals surface area contributed by atoms with E-state index >= 15 is 0 Å². The third-order valence-electron chi connectivity index (χ3n) is 5.32. The lowest BCUT2D eigenvalue weighted by atomic mass is 9.89. The zero-order chi connectivity index (χ0) is 20.1. The Balaban J connectivity index is 1.53. The summed E-state index contributed by atoms with van der Waals surface area (Å²) in [6.45, 7) is 2.20. The molecule has 6 heteroatoms. The molecule has 2 aromatic carbocycles. The average molecular weight is 387 g/mol. The summed E-state index contributed by atoms with van der Waals surface area (Å²) in [5.41, 5.74) is 1.53. The molecule has 3 rings (SSSR count). The van der Waals surface area contributed by atoms with E-state index in [1.165, 1.54) is 24.3 Å². The molecule has 1 aliphatic heterocycles. The van der Waals surface area contributed by atoms with Gasteiger partial charge in [-0.2, -0.15) is 0 Å². The Morgan fingerprint density at radius 2 is 1.75 bits per heavy atom. The first-order valence-corrected chi connectivity index (χ1v) is 9.40. The van der Waals surface area contributed by atoms with E-state index in [1.54, 1.807) is 20.3 Å². The number of ketones is 1. The van der Waals surface area contributed by atoms with Crippen LogP contribution in [0.2, 0.25) is 0 Å². The highest BCUT2D eigenvalue weighted by Crippen LogP contribution is 2.30. The number of aliphatic hydroxyl groups excluding tert-OH is 1. The van der Waals surface area contributed by atoms with Crippen molar-refractivity contribution in [1.82, 2.24) is 4.90 Å². The topological polar surface area (TPSA) is 59.0 Å². The maximum Gasteiger partial charge on any atom is 0.168 e. The number of benzene rings is 2. The van der Waals surface area contributed by atoms with Crippen LogP contribution in [-0.2, 0) is 0 Å². The van der Waals surface area contributed by atoms with Gasteiger partial charge in [0.15, 0.2) is 5.78 Å². The second kappa shape index (κ2) is 9.17. The summed E-state index contributed by atoms with van der Waals surface area (Å²) in [7, 11) is 3.20. The molecule has 0 amide bonds. The molecule has 1 heterocycles. The first-order chi connectivity index (χ1) is 13.5. The van der Waals surface area contributed by atoms with E-state index in [-0.39, 0.29) is 30.0 Å². The lowest BCUT2D eigenvalue weighted by Gasteiger charge is -2.39. The Morgan fingerprint density at radius 1 is 1.14 bits per heavy atom. The summed E-state index contributed by atoms with van der Waals surface area (Å²) in [5, 5.41) is 9.84. The number of ether oxygens (including phenoxy) is 2. The Bertz CT molecular complexity index is 780. The molecule has 1 atom stereocenters. The number of hydrogen-bond acceptors (Lipinski definition) is 5. The molecule has 0 saturated carbocycles. The van der Waals surface area contributed by atoms with E-state index in [2.05, 4.69) is 4.90 Å². The van der Waals surface area contributed by atoms with Gasteiger partial charge in [-0.3, -0.25) is 4.79 Å². The molecule has 1 N–H and O–H groups in total. The third kappa shape index (κ3) is 4.69. The van der Waals surface area contributed by atoms with E-state index < -0.39 is 0 Å². The number of nitrogens with zero attached hydrogens (tertiary/aromatic N) is 1. The molecule has 0 aromatic heterocycles. The van der Waals surface area contributed by atoms with Crippen LogP contribution in [0.5, 0.6) is 11.5 Å². The van der Waals surface area contributed by atoms with Crippen LogP contribution in [0.15, 0.2) is 42.5 Å². The van der Waals surface area contributed by atoms with Gasteiger partial charge in [0.25, 0.3) is 0 Å². The zero-order valence-corrected chi connectivity index (χ0v) is 16.2. The van der Waals surface area contributed by atoms with Crippen molar-refractivity contribution in [3.05, 3.63) is 59.4 Å². The zero-order valence-electron chi connectivity index (χ0n) is 16.2. The lowest BCUT2D eigenvalue weighted by molar-refractivity contribution is 0.0604. The molecule has 1 aliphatic rings. The van der Waals surface area contributed by atoms with Crippen molar-refractivity contribution in [2.75, 3.05) is 40.5 Å². The van der Waals surface area contributed by atoms with E-state index in [9.17, 15) is 14.3 Å². The number of halogens is 1. The summed E-state index contributed by atoms with van der Waals surface area (Å²) < 4.78 is 23.6. The highest BCUT2D eigenvalue weighted by Gasteiger charge is 2.33. The monoisotopic (exact) mass is 387 g/mol. The van der Waals surface area contributed by atoms with Gasteiger partial charge < -0.3 is 19.5 Å². The van der Waals surface area contributed by atoms with Crippen molar-refractivity contribution in [3.8, 4) is 11.5 Å². The minimum atomic E-state index is -0.337. The highest BCUT2D eigenvalue weighted by atomic mass is 19.1. The van der Waals surface area contributed by atoms with Crippen molar-refractivity contribution >= 4 is 5.78 Å². The quantitative estimate of drug-likeness (QED) is 0.670. The van der Waals surface area contributed by atoms with Gasteiger partial charge in [0.2, 0.25) is 0 Å². The van der Waals surface area contributed by atoms with Crippen molar-refractivity contribution in [1.29, 1.82) is 0 Å². The number of likely N-dealkylation sites (tertiary alicyclic amines) is 1. The van der Waals surface area contributed by atoms with Crippen LogP contribution >= 0.6 is 0 Å². The first kappa shape index (κ1) is 20.3. The predicted octanol–water partition coefficient (Wildman–Crippen LogP) is 3.12. The number of Topliss-reactive ketones (excluding diaryl/α,β-unsaturated/α-hetero) is 1. The summed E-state index contributed by atoms with van der Waals surface area (Å²) >= 11 is 0. The highest BCUT2D eigenvalue weighted by molar-refractivity contribution is 5.98. The maximum absolute atomic E-state index is 13.0. The fourth-order valence-corrected chi connectivity index (χ4v) is 3.54. The molecule has 28 heavy (non-hydrogen) atoms. The molecule has 1 saturated heterocycles. The van der Waals surface area contributed by atoms with Gasteiger partial charge in [0.05, 0.1) is 14.2 Å². The van der Waals surface area contributed by atoms with Crippen molar-refractivity contribution < 1.29 is 23.8 Å². The van der Waals surface area contributed by atoms with E-state index in [4.69, 9.17) is 9.47 Å². The largest absolute Gasteiger partial charge is 0.497 e. The third-order valence-corrected chi connectivity index (χ3v) is 5.32. The number of carbonyl (C=O) groups excluding carboxylic acids is 1. The Hall–Kier alpha value is -2.44. The molecular weight excluding hydrogens is 361 g/mol. The molecule has 1 fully saturated rings. The second-order valence-electron chi connectivity index (χ2n) is 7.14. The minimum Gasteiger partial charge on any atom is -0.497 e. The van der Waals surface area contributed by atoms with Crippen molar-refractivity contribution in [2.24, 2.45) is 5.92 Å². The maximum atomic E-state index is 13.0. The fourth-order valence-electron chi connectivity index (χ4n) is 3.54. The predicted molar refractivity (Wildman–Crippen MR) is 105 cm³/mol. The fraction of sp³-hybridized carbons (Fsp3) is 0.409. The van der Waals surface area contributed by atoms with Crippen LogP contribution in [0.3, 0.4) is 0 Å². The molecule has 0 spiro atoms. The van der Waals surface area contributed by atoms with Gasteiger partial charge >= 0.3 is 0 Å². The van der Waals surface area contributed by atoms with Crippen LogP contribution in [-0.4, -0.2) is 56.3 Å². The summed E-state index contributed by atoms with van der Waals surface area (Å²) in [6.07, 6.45) is 0.768. The molecule has 150 valence electrons. The van der Waals surface area contributed by atoms with E-state index in [0.717, 1.165) is 18.5 Å². The van der Waals surface area contributed by atoms with Gasteiger partial charge in [-0.1, -0.05) is 0 Å². The number of carbonyl (C=O) groups is 1. The van der Waals surface area contributed by atoms with Crippen LogP contribution < -0.4 is 9.47 Å². The molecule has 0 radical (unpaired) electrons. The average Bonchev–Trinajstić information content (AvgIpc) is 2.69. The molecule has 0 unspecified atom stereocenters. The van der Waals surface area contributed by atoms with E-state index in [1.807, 2.05) is 12.1 Å². The number of methoxy groups -OCH3 is 2. The molecule has 2 aromatic rings. The van der Waals surface area contributed by atoms with Gasteiger partial charge in [-0.25, -0.2) is 4.39 Å². The van der Waals surface area contributed by atoms with Crippen LogP contribution in [0.25, 0.3) is 0 Å². The van der Waals surface area contributed by atoms with Crippen molar-refractivity contribution in [2.45, 2.75) is 12.3 Å². The summed E-state index contributed by atoms with van der Waals surface area (Å²) in [4.78, 5) is 14.6. The summed E-state index contributed by atoms with van der Waals surface area (Å²) in [5.74, 6) is 1.04. The van der Waals surface area contributed by atoms with Crippen molar-refractivity contribution in [3.63, 3.8) is 0 Å². The Labute approximate surface area is 164 Å². The number of rotatable bonds is 9. The Morgan fingerprint density at radius 3 is 2.29 bits per heavy atom. The second-order valence-corrected chi connectivity index (χ2v) is 7.14. The standard InChI is InChI=1S/C22H26FNO4/c1-27-20-9-17(10-21(11-20)28-2)16(14-25)7-8-24-12-18(13-24)22(26)15-3-5-19(23)6-4-15/h3-6,9-11,16,18,25H,7-8,12-14H2,1-2H3/t16-/m1/s1. The Kier molecular flexibility index (Phi) is 6.65. The minimum absolute atomic E-state index is 0.0299. The molecule has 5 nitrogen and oxygen atoms in total.